The van der Waals surface area contributed by atoms with Crippen LogP contribution in [0, 0.1) is 0 Å². The van der Waals surface area contributed by atoms with Gasteiger partial charge in [0.15, 0.2) is 17.6 Å². The van der Waals surface area contributed by atoms with Crippen molar-refractivity contribution in [2.75, 3.05) is 20.8 Å². The number of carbonyl (C=O) groups is 3. The lowest BCUT2D eigenvalue weighted by Crippen LogP contribution is -2.39. The number of hydrogen-bond donors (Lipinski definition) is 1. The Balaban J connectivity index is 2.77. The van der Waals surface area contributed by atoms with Gasteiger partial charge in [0.1, 0.15) is 0 Å². The number of carbonyl (C=O) groups excluding carboxylic acids is 3. The molecule has 1 N–H and O–H groups in total. The predicted octanol–water partition coefficient (Wildman–Crippen LogP) is 1.52. The molecule has 0 aliphatic heterocycles. The van der Waals surface area contributed by atoms with Crippen LogP contribution in [-0.2, 0) is 14.3 Å². The largest absolute Gasteiger partial charge is 0.493 e. The maximum Gasteiger partial charge on any atom is 0.413 e. The molecule has 23 heavy (non-hydrogen) atoms. The van der Waals surface area contributed by atoms with Crippen LogP contribution < -0.4 is 14.8 Å². The quantitative estimate of drug-likeness (QED) is 0.791. The highest BCUT2D eigenvalue weighted by Crippen LogP contribution is 2.28. The van der Waals surface area contributed by atoms with Gasteiger partial charge < -0.3 is 18.9 Å². The monoisotopic (exact) mass is 325 g/mol. The molecule has 1 aromatic rings. The van der Waals surface area contributed by atoms with E-state index in [1.165, 1.54) is 26.2 Å². The zero-order chi connectivity index (χ0) is 17.4. The minimum Gasteiger partial charge on any atom is -0.493 e. The second-order valence-electron chi connectivity index (χ2n) is 4.33. The molecule has 1 rings (SSSR count). The molecule has 0 bridgehead atoms. The Labute approximate surface area is 133 Å². The fourth-order valence-corrected chi connectivity index (χ4v) is 1.60. The van der Waals surface area contributed by atoms with E-state index >= 15 is 0 Å². The number of benzene rings is 1. The van der Waals surface area contributed by atoms with Crippen molar-refractivity contribution in [2.45, 2.75) is 20.0 Å². The van der Waals surface area contributed by atoms with Crippen LogP contribution in [0.25, 0.3) is 0 Å². The van der Waals surface area contributed by atoms with Crippen LogP contribution in [0.5, 0.6) is 11.5 Å². The first kappa shape index (κ1) is 18.3. The maximum absolute atomic E-state index is 12.0. The lowest BCUT2D eigenvalue weighted by molar-refractivity contribution is -0.128. The van der Waals surface area contributed by atoms with Gasteiger partial charge >= 0.3 is 12.1 Å². The molecule has 0 aromatic heterocycles. The summed E-state index contributed by atoms with van der Waals surface area (Å²) in [6.45, 7) is 3.61. The Kier molecular flexibility index (Phi) is 6.85. The second-order valence-corrected chi connectivity index (χ2v) is 4.33. The standard InChI is InChI=1S/C15H19NO7/c1-5-22-11-7-6-10(8-12(11)20-3)14(18)23-9(2)13(17)16-15(19)21-4/h6-9H,5H2,1-4H3,(H,16,17,19)/t9-/m0/s1. The summed E-state index contributed by atoms with van der Waals surface area (Å²) < 4.78 is 19.8. The number of hydrogen-bond acceptors (Lipinski definition) is 7. The van der Waals surface area contributed by atoms with Gasteiger partial charge in [0.25, 0.3) is 5.91 Å². The van der Waals surface area contributed by atoms with Gasteiger partial charge in [-0.25, -0.2) is 9.59 Å². The van der Waals surface area contributed by atoms with E-state index in [9.17, 15) is 14.4 Å². The summed E-state index contributed by atoms with van der Waals surface area (Å²) in [6.07, 6.45) is -2.10. The van der Waals surface area contributed by atoms with E-state index in [-0.39, 0.29) is 5.56 Å². The van der Waals surface area contributed by atoms with Crippen LogP contribution in [0.4, 0.5) is 4.79 Å². The molecule has 0 heterocycles. The van der Waals surface area contributed by atoms with Gasteiger partial charge in [-0.15, -0.1) is 0 Å². The Hall–Kier alpha value is -2.77. The van der Waals surface area contributed by atoms with E-state index in [4.69, 9.17) is 14.2 Å². The number of amides is 2. The summed E-state index contributed by atoms with van der Waals surface area (Å²) in [5, 5.41) is 1.91. The van der Waals surface area contributed by atoms with Gasteiger partial charge in [-0.2, -0.15) is 0 Å². The molecule has 0 aliphatic carbocycles. The van der Waals surface area contributed by atoms with Crippen molar-refractivity contribution in [1.29, 1.82) is 0 Å². The Bertz CT molecular complexity index is 585. The maximum atomic E-state index is 12.0. The average molecular weight is 325 g/mol. The Morgan fingerprint density at radius 3 is 2.43 bits per heavy atom. The molecule has 0 saturated carbocycles. The summed E-state index contributed by atoms with van der Waals surface area (Å²) >= 11 is 0. The van der Waals surface area contributed by atoms with E-state index in [2.05, 4.69) is 4.74 Å². The first-order valence-electron chi connectivity index (χ1n) is 6.83. The van der Waals surface area contributed by atoms with Crippen LogP contribution in [0.2, 0.25) is 0 Å². The van der Waals surface area contributed by atoms with E-state index in [1.54, 1.807) is 6.07 Å². The number of methoxy groups -OCH3 is 2. The molecule has 0 unspecified atom stereocenters. The number of rotatable bonds is 6. The normalized spacial score (nSPS) is 11.1. The first-order valence-corrected chi connectivity index (χ1v) is 6.83. The fourth-order valence-electron chi connectivity index (χ4n) is 1.60. The average Bonchev–Trinajstić information content (AvgIpc) is 2.54. The second kappa shape index (κ2) is 8.62. The van der Waals surface area contributed by atoms with Crippen molar-refractivity contribution < 1.29 is 33.3 Å². The van der Waals surface area contributed by atoms with Gasteiger partial charge in [-0.05, 0) is 32.0 Å². The molecule has 1 atom stereocenters. The van der Waals surface area contributed by atoms with E-state index < -0.39 is 24.1 Å². The van der Waals surface area contributed by atoms with Crippen molar-refractivity contribution in [3.05, 3.63) is 23.8 Å². The summed E-state index contributed by atoms with van der Waals surface area (Å²) in [5.74, 6) is -0.669. The molecular weight excluding hydrogens is 306 g/mol. The van der Waals surface area contributed by atoms with Gasteiger partial charge in [0.05, 0.1) is 26.4 Å². The number of nitrogens with one attached hydrogen (secondary N) is 1. The predicted molar refractivity (Wildman–Crippen MR) is 79.6 cm³/mol. The van der Waals surface area contributed by atoms with Crippen molar-refractivity contribution in [3.8, 4) is 11.5 Å². The summed E-state index contributed by atoms with van der Waals surface area (Å²) in [6, 6.07) is 4.50. The van der Waals surface area contributed by atoms with Crippen molar-refractivity contribution in [1.82, 2.24) is 5.32 Å². The van der Waals surface area contributed by atoms with Gasteiger partial charge in [0.2, 0.25) is 0 Å². The molecule has 0 spiro atoms. The van der Waals surface area contributed by atoms with Crippen molar-refractivity contribution >= 4 is 18.0 Å². The third-order valence-corrected chi connectivity index (χ3v) is 2.76. The molecule has 0 saturated heterocycles. The van der Waals surface area contributed by atoms with Crippen LogP contribution in [-0.4, -0.2) is 44.9 Å². The third-order valence-electron chi connectivity index (χ3n) is 2.76. The van der Waals surface area contributed by atoms with Crippen molar-refractivity contribution in [3.63, 3.8) is 0 Å². The lowest BCUT2D eigenvalue weighted by atomic mass is 10.2. The lowest BCUT2D eigenvalue weighted by Gasteiger charge is -2.14. The summed E-state index contributed by atoms with van der Waals surface area (Å²) in [7, 11) is 2.56. The number of esters is 1. The topological polar surface area (TPSA) is 100 Å². The molecule has 8 heteroatoms. The summed E-state index contributed by atoms with van der Waals surface area (Å²) in [4.78, 5) is 34.6. The summed E-state index contributed by atoms with van der Waals surface area (Å²) in [5.41, 5.74) is 0.183. The molecule has 0 radical (unpaired) electrons. The Morgan fingerprint density at radius 2 is 1.87 bits per heavy atom. The fraction of sp³-hybridized carbons (Fsp3) is 0.400. The van der Waals surface area contributed by atoms with Crippen LogP contribution >= 0.6 is 0 Å². The molecule has 126 valence electrons. The van der Waals surface area contributed by atoms with E-state index in [0.717, 1.165) is 7.11 Å². The molecule has 8 nitrogen and oxygen atoms in total. The SMILES string of the molecule is CCOc1ccc(C(=O)O[C@@H](C)C(=O)NC(=O)OC)cc1OC. The minimum absolute atomic E-state index is 0.183. The first-order chi connectivity index (χ1) is 10.9. The van der Waals surface area contributed by atoms with Crippen molar-refractivity contribution in [2.24, 2.45) is 0 Å². The van der Waals surface area contributed by atoms with Gasteiger partial charge in [-0.3, -0.25) is 10.1 Å². The zero-order valence-electron chi connectivity index (χ0n) is 13.4. The van der Waals surface area contributed by atoms with Crippen LogP contribution in [0.15, 0.2) is 18.2 Å². The zero-order valence-corrected chi connectivity index (χ0v) is 13.4. The number of ether oxygens (including phenoxy) is 4. The molecule has 0 aliphatic rings. The highest BCUT2D eigenvalue weighted by atomic mass is 16.6. The molecule has 0 fully saturated rings. The third kappa shape index (κ3) is 5.17. The molecular formula is C15H19NO7. The molecule has 2 amide bonds. The number of alkyl carbamates (subject to hydrolysis) is 1. The van der Waals surface area contributed by atoms with Gasteiger partial charge in [-0.1, -0.05) is 0 Å². The van der Waals surface area contributed by atoms with Crippen LogP contribution in [0.3, 0.4) is 0 Å². The van der Waals surface area contributed by atoms with Crippen LogP contribution in [0.1, 0.15) is 24.2 Å². The highest BCUT2D eigenvalue weighted by Gasteiger charge is 2.21. The van der Waals surface area contributed by atoms with E-state index in [1.807, 2.05) is 12.2 Å². The number of imide groups is 1. The highest BCUT2D eigenvalue weighted by molar-refractivity contribution is 5.97. The Morgan fingerprint density at radius 1 is 1.17 bits per heavy atom. The van der Waals surface area contributed by atoms with Gasteiger partial charge in [0, 0.05) is 0 Å². The minimum atomic E-state index is -1.17. The smallest absolute Gasteiger partial charge is 0.413 e. The molecule has 1 aromatic carbocycles. The van der Waals surface area contributed by atoms with E-state index in [0.29, 0.717) is 18.1 Å².